The highest BCUT2D eigenvalue weighted by Gasteiger charge is 2.30. The lowest BCUT2D eigenvalue weighted by Gasteiger charge is -2.18. The Hall–Kier alpha value is -1.87. The molecule has 1 heterocycles. The molecule has 1 aliphatic carbocycles. The lowest BCUT2D eigenvalue weighted by atomic mass is 10.0. The Balaban J connectivity index is 1.49. The summed E-state index contributed by atoms with van der Waals surface area (Å²) in [5.41, 5.74) is 0.806. The number of carbonyl (C=O) groups excluding carboxylic acids is 1. The fourth-order valence-corrected chi connectivity index (χ4v) is 3.19. The molecule has 22 heavy (non-hydrogen) atoms. The van der Waals surface area contributed by atoms with E-state index in [2.05, 4.69) is 12.1 Å². The number of rotatable bonds is 4. The number of benzene rings is 2. The fraction of sp³-hybridized carbons (Fsp3) is 0.421. The monoisotopic (exact) mass is 295 g/mol. The van der Waals surface area contributed by atoms with Crippen molar-refractivity contribution in [3.8, 4) is 0 Å². The van der Waals surface area contributed by atoms with Crippen molar-refractivity contribution in [3.63, 3.8) is 0 Å². The van der Waals surface area contributed by atoms with Crippen LogP contribution >= 0.6 is 0 Å². The predicted octanol–water partition coefficient (Wildman–Crippen LogP) is 3.48. The molecule has 114 valence electrons. The van der Waals surface area contributed by atoms with Crippen LogP contribution in [0.15, 0.2) is 42.5 Å². The van der Waals surface area contributed by atoms with Crippen LogP contribution < -0.4 is 0 Å². The van der Waals surface area contributed by atoms with Crippen molar-refractivity contribution in [3.05, 3.63) is 48.0 Å². The van der Waals surface area contributed by atoms with E-state index in [1.807, 2.05) is 35.2 Å². The summed E-state index contributed by atoms with van der Waals surface area (Å²) in [7, 11) is 0. The summed E-state index contributed by atoms with van der Waals surface area (Å²) in [6.45, 7) is 2.41. The van der Waals surface area contributed by atoms with Crippen LogP contribution in [0.4, 0.5) is 0 Å². The number of hydrogen-bond acceptors (Lipinski definition) is 2. The molecule has 4 rings (SSSR count). The first-order chi connectivity index (χ1) is 10.8. The molecule has 2 aromatic carbocycles. The summed E-state index contributed by atoms with van der Waals surface area (Å²) in [4.78, 5) is 14.8. The molecule has 1 amide bonds. The quantitative estimate of drug-likeness (QED) is 0.864. The normalized spacial score (nSPS) is 21.5. The Kier molecular flexibility index (Phi) is 3.59. The minimum Gasteiger partial charge on any atom is -0.376 e. The molecule has 0 radical (unpaired) electrons. The van der Waals surface area contributed by atoms with Gasteiger partial charge in [-0.1, -0.05) is 36.4 Å². The molecule has 0 N–H and O–H groups in total. The van der Waals surface area contributed by atoms with Crippen molar-refractivity contribution >= 4 is 16.7 Å². The third-order valence-corrected chi connectivity index (χ3v) is 4.72. The molecule has 0 aromatic heterocycles. The molecule has 2 aromatic rings. The zero-order valence-electron chi connectivity index (χ0n) is 12.7. The number of ether oxygens (including phenoxy) is 1. The number of fused-ring (bicyclic) bond motifs is 1. The Bertz CT molecular complexity index is 687. The van der Waals surface area contributed by atoms with E-state index in [-0.39, 0.29) is 12.0 Å². The maximum absolute atomic E-state index is 12.8. The Labute approximate surface area is 130 Å². The topological polar surface area (TPSA) is 29.5 Å². The molecular weight excluding hydrogens is 274 g/mol. The van der Waals surface area contributed by atoms with Gasteiger partial charge < -0.3 is 9.64 Å². The van der Waals surface area contributed by atoms with E-state index in [0.29, 0.717) is 0 Å². The number of nitrogens with zero attached hydrogens (tertiary/aromatic N) is 1. The van der Waals surface area contributed by atoms with Crippen LogP contribution in [0.5, 0.6) is 0 Å². The highest BCUT2D eigenvalue weighted by molar-refractivity contribution is 6.07. The van der Waals surface area contributed by atoms with Gasteiger partial charge in [0.25, 0.3) is 5.91 Å². The minimum absolute atomic E-state index is 0.134. The second-order valence-electron chi connectivity index (χ2n) is 6.47. The molecule has 0 unspecified atom stereocenters. The van der Waals surface area contributed by atoms with Gasteiger partial charge in [-0.25, -0.2) is 0 Å². The zero-order valence-corrected chi connectivity index (χ0v) is 12.7. The van der Waals surface area contributed by atoms with Gasteiger partial charge >= 0.3 is 0 Å². The third-order valence-electron chi connectivity index (χ3n) is 4.72. The van der Waals surface area contributed by atoms with Crippen LogP contribution in [-0.2, 0) is 4.74 Å². The molecule has 3 heteroatoms. The molecule has 1 atom stereocenters. The van der Waals surface area contributed by atoms with Crippen LogP contribution in [0.2, 0.25) is 0 Å². The van der Waals surface area contributed by atoms with Gasteiger partial charge in [0.1, 0.15) is 0 Å². The van der Waals surface area contributed by atoms with E-state index < -0.39 is 0 Å². The van der Waals surface area contributed by atoms with Crippen LogP contribution in [0.3, 0.4) is 0 Å². The maximum atomic E-state index is 12.8. The van der Waals surface area contributed by atoms with Gasteiger partial charge in [-0.15, -0.1) is 0 Å². The van der Waals surface area contributed by atoms with Gasteiger partial charge in [-0.2, -0.15) is 0 Å². The van der Waals surface area contributed by atoms with E-state index in [9.17, 15) is 4.79 Å². The predicted molar refractivity (Wildman–Crippen MR) is 86.9 cm³/mol. The average Bonchev–Trinajstić information content (AvgIpc) is 3.28. The second kappa shape index (κ2) is 5.73. The van der Waals surface area contributed by atoms with Crippen LogP contribution in [0.1, 0.15) is 29.6 Å². The molecule has 1 saturated carbocycles. The number of amides is 1. The lowest BCUT2D eigenvalue weighted by Crippen LogP contribution is -2.30. The first-order valence-electron chi connectivity index (χ1n) is 8.20. The summed E-state index contributed by atoms with van der Waals surface area (Å²) < 4.78 is 5.94. The van der Waals surface area contributed by atoms with Gasteiger partial charge in [0.05, 0.1) is 6.10 Å². The largest absolute Gasteiger partial charge is 0.376 e. The molecular formula is C19H21NO2. The van der Waals surface area contributed by atoms with Crippen molar-refractivity contribution in [1.82, 2.24) is 4.90 Å². The summed E-state index contributed by atoms with van der Waals surface area (Å²) in [6.07, 6.45) is 3.81. The Morgan fingerprint density at radius 2 is 1.91 bits per heavy atom. The molecule has 1 aliphatic heterocycles. The maximum Gasteiger partial charge on any atom is 0.254 e. The fourth-order valence-electron chi connectivity index (χ4n) is 3.19. The second-order valence-corrected chi connectivity index (χ2v) is 6.47. The van der Waals surface area contributed by atoms with Gasteiger partial charge in [0, 0.05) is 25.3 Å². The van der Waals surface area contributed by atoms with Crippen LogP contribution in [0.25, 0.3) is 10.8 Å². The van der Waals surface area contributed by atoms with Gasteiger partial charge in [0.2, 0.25) is 0 Å². The van der Waals surface area contributed by atoms with E-state index in [1.54, 1.807) is 0 Å². The Morgan fingerprint density at radius 3 is 2.77 bits per heavy atom. The van der Waals surface area contributed by atoms with Crippen molar-refractivity contribution in [2.24, 2.45) is 5.92 Å². The molecule has 0 bridgehead atoms. The molecule has 0 spiro atoms. The third kappa shape index (κ3) is 2.73. The highest BCUT2D eigenvalue weighted by Crippen LogP contribution is 2.30. The summed E-state index contributed by atoms with van der Waals surface area (Å²) in [5.74, 6) is 0.914. The summed E-state index contributed by atoms with van der Waals surface area (Å²) in [5, 5.41) is 2.16. The van der Waals surface area contributed by atoms with E-state index in [0.717, 1.165) is 48.4 Å². The van der Waals surface area contributed by atoms with Crippen molar-refractivity contribution < 1.29 is 9.53 Å². The van der Waals surface area contributed by atoms with Gasteiger partial charge in [-0.05, 0) is 42.0 Å². The van der Waals surface area contributed by atoms with Gasteiger partial charge in [-0.3, -0.25) is 4.79 Å². The number of carbonyl (C=O) groups is 1. The molecule has 2 fully saturated rings. The summed E-state index contributed by atoms with van der Waals surface area (Å²) >= 11 is 0. The van der Waals surface area contributed by atoms with Crippen LogP contribution in [-0.4, -0.2) is 36.6 Å². The van der Waals surface area contributed by atoms with Crippen LogP contribution in [0, 0.1) is 5.92 Å². The zero-order chi connectivity index (χ0) is 14.9. The van der Waals surface area contributed by atoms with Crippen molar-refractivity contribution in [2.45, 2.75) is 25.4 Å². The summed E-state index contributed by atoms with van der Waals surface area (Å²) in [6, 6.07) is 14.0. The lowest BCUT2D eigenvalue weighted by molar-refractivity contribution is 0.0481. The minimum atomic E-state index is 0.134. The molecule has 2 aliphatic rings. The number of likely N-dealkylation sites (tertiary alicyclic amines) is 1. The number of hydrogen-bond donors (Lipinski definition) is 0. The molecule has 3 nitrogen and oxygen atoms in total. The smallest absolute Gasteiger partial charge is 0.254 e. The van der Waals surface area contributed by atoms with E-state index in [4.69, 9.17) is 4.74 Å². The van der Waals surface area contributed by atoms with E-state index >= 15 is 0 Å². The average molecular weight is 295 g/mol. The van der Waals surface area contributed by atoms with Crippen molar-refractivity contribution in [1.29, 1.82) is 0 Å². The standard InChI is InChI=1S/C19H21NO2/c21-19(18-7-3-5-15-4-1-2-6-17(15)18)20-11-10-16(12-20)22-13-14-8-9-14/h1-7,14,16H,8-13H2/t16-/m0/s1. The Morgan fingerprint density at radius 1 is 1.09 bits per heavy atom. The highest BCUT2D eigenvalue weighted by atomic mass is 16.5. The molecule has 1 saturated heterocycles. The SMILES string of the molecule is O=C(c1cccc2ccccc12)N1CC[C@H](OCC2CC2)C1. The van der Waals surface area contributed by atoms with E-state index in [1.165, 1.54) is 12.8 Å². The first kappa shape index (κ1) is 13.8. The van der Waals surface area contributed by atoms with Crippen molar-refractivity contribution in [2.75, 3.05) is 19.7 Å². The first-order valence-corrected chi connectivity index (χ1v) is 8.20. The van der Waals surface area contributed by atoms with Gasteiger partial charge in [0.15, 0.2) is 0 Å².